The zero-order valence-electron chi connectivity index (χ0n) is 10.2. The molecule has 1 amide bonds. The highest BCUT2D eigenvalue weighted by Crippen LogP contribution is 2.21. The summed E-state index contributed by atoms with van der Waals surface area (Å²) in [5.41, 5.74) is 5.22. The lowest BCUT2D eigenvalue weighted by atomic mass is 10.0. The third-order valence-corrected chi connectivity index (χ3v) is 2.45. The van der Waals surface area contributed by atoms with E-state index in [4.69, 9.17) is 15.7 Å². The zero-order valence-corrected chi connectivity index (χ0v) is 10.2. The average Bonchev–Trinajstić information content (AvgIpc) is 2.39. The van der Waals surface area contributed by atoms with Crippen LogP contribution in [-0.4, -0.2) is 25.6 Å². The zero-order chi connectivity index (χ0) is 14.4. The second-order valence-electron chi connectivity index (χ2n) is 3.76. The fraction of sp³-hybridized carbons (Fsp3) is 0.333. The molecule has 0 heterocycles. The summed E-state index contributed by atoms with van der Waals surface area (Å²) in [4.78, 5) is 11.4. The van der Waals surface area contributed by atoms with Crippen molar-refractivity contribution in [3.63, 3.8) is 0 Å². The van der Waals surface area contributed by atoms with Crippen LogP contribution in [0.2, 0.25) is 0 Å². The first kappa shape index (κ1) is 14.9. The quantitative estimate of drug-likeness (QED) is 0.761. The van der Waals surface area contributed by atoms with E-state index in [1.807, 2.05) is 0 Å². The fourth-order valence-corrected chi connectivity index (χ4v) is 1.46. The Hall–Kier alpha value is -2.20. The first-order valence-corrected chi connectivity index (χ1v) is 5.41. The summed E-state index contributed by atoms with van der Waals surface area (Å²) < 4.78 is 31.9. The number of methoxy groups -OCH3 is 1. The topological polar surface area (TPSA) is 88.1 Å². The van der Waals surface area contributed by atoms with Gasteiger partial charge in [0.15, 0.2) is 0 Å². The molecule has 0 aliphatic carbocycles. The number of hydrogen-bond acceptors (Lipinski definition) is 4. The van der Waals surface area contributed by atoms with Crippen LogP contribution in [-0.2, 0) is 11.2 Å². The van der Waals surface area contributed by atoms with E-state index in [9.17, 15) is 13.6 Å². The van der Waals surface area contributed by atoms with Gasteiger partial charge in [-0.3, -0.25) is 4.79 Å². The third-order valence-electron chi connectivity index (χ3n) is 2.45. The second kappa shape index (κ2) is 6.66. The van der Waals surface area contributed by atoms with Gasteiger partial charge in [-0.05, 0) is 0 Å². The van der Waals surface area contributed by atoms with E-state index >= 15 is 0 Å². The normalized spacial score (nSPS) is 11.5. The third kappa shape index (κ3) is 3.89. The number of halogens is 2. The van der Waals surface area contributed by atoms with Crippen molar-refractivity contribution in [1.29, 1.82) is 5.26 Å². The molecule has 0 radical (unpaired) electrons. The smallest absolute Gasteiger partial charge is 0.238 e. The van der Waals surface area contributed by atoms with E-state index in [0.717, 1.165) is 12.1 Å². The van der Waals surface area contributed by atoms with Crippen molar-refractivity contribution in [2.75, 3.05) is 13.7 Å². The SMILES string of the molecule is COc1cc(F)c(CC(N)C(=O)NCC#N)c(F)c1. The van der Waals surface area contributed by atoms with Gasteiger partial charge in [-0.2, -0.15) is 5.26 Å². The first-order valence-electron chi connectivity index (χ1n) is 5.41. The Morgan fingerprint density at radius 3 is 2.58 bits per heavy atom. The van der Waals surface area contributed by atoms with Crippen LogP contribution < -0.4 is 15.8 Å². The summed E-state index contributed by atoms with van der Waals surface area (Å²) in [5.74, 6) is -2.27. The lowest BCUT2D eigenvalue weighted by molar-refractivity contribution is -0.122. The summed E-state index contributed by atoms with van der Waals surface area (Å²) in [7, 11) is 1.29. The largest absolute Gasteiger partial charge is 0.497 e. The second-order valence-corrected chi connectivity index (χ2v) is 3.76. The summed E-state index contributed by atoms with van der Waals surface area (Å²) in [6.45, 7) is -0.208. The van der Waals surface area contributed by atoms with Gasteiger partial charge in [-0.1, -0.05) is 0 Å². The molecule has 7 heteroatoms. The number of carbonyl (C=O) groups excluding carboxylic acids is 1. The highest BCUT2D eigenvalue weighted by Gasteiger charge is 2.19. The van der Waals surface area contributed by atoms with Crippen molar-refractivity contribution in [3.05, 3.63) is 29.3 Å². The number of nitrogens with one attached hydrogen (secondary N) is 1. The standard InChI is InChI=1S/C12H13F2N3O2/c1-19-7-4-9(13)8(10(14)5-7)6-11(16)12(18)17-3-2-15/h4-5,11H,3,6,16H2,1H3,(H,17,18). The van der Waals surface area contributed by atoms with Gasteiger partial charge in [0, 0.05) is 24.1 Å². The minimum absolute atomic E-state index is 0.0428. The van der Waals surface area contributed by atoms with Gasteiger partial charge in [0.1, 0.15) is 23.9 Å². The van der Waals surface area contributed by atoms with Crippen LogP contribution in [0.15, 0.2) is 12.1 Å². The minimum atomic E-state index is -1.13. The van der Waals surface area contributed by atoms with Crippen molar-refractivity contribution < 1.29 is 18.3 Å². The molecule has 0 aliphatic heterocycles. The summed E-state index contributed by atoms with van der Waals surface area (Å²) in [6.07, 6.45) is -0.307. The number of hydrogen-bond donors (Lipinski definition) is 2. The van der Waals surface area contributed by atoms with E-state index in [1.54, 1.807) is 6.07 Å². The summed E-state index contributed by atoms with van der Waals surface area (Å²) in [5, 5.41) is 10.5. The molecule has 1 unspecified atom stereocenters. The predicted molar refractivity (Wildman–Crippen MR) is 63.2 cm³/mol. The van der Waals surface area contributed by atoms with Crippen LogP contribution in [0.25, 0.3) is 0 Å². The molecule has 0 saturated carbocycles. The Morgan fingerprint density at radius 1 is 1.53 bits per heavy atom. The Morgan fingerprint density at radius 2 is 2.11 bits per heavy atom. The van der Waals surface area contributed by atoms with Gasteiger partial charge in [0.05, 0.1) is 19.2 Å². The van der Waals surface area contributed by atoms with E-state index in [2.05, 4.69) is 5.32 Å². The van der Waals surface area contributed by atoms with Gasteiger partial charge >= 0.3 is 0 Å². The van der Waals surface area contributed by atoms with E-state index in [-0.39, 0.29) is 24.3 Å². The molecule has 19 heavy (non-hydrogen) atoms. The molecule has 1 rings (SSSR count). The minimum Gasteiger partial charge on any atom is -0.497 e. The molecule has 0 bridgehead atoms. The number of benzene rings is 1. The molecule has 102 valence electrons. The van der Waals surface area contributed by atoms with Crippen LogP contribution >= 0.6 is 0 Å². The molecule has 0 spiro atoms. The number of rotatable bonds is 5. The molecule has 0 aliphatic rings. The van der Waals surface area contributed by atoms with Crippen LogP contribution in [0, 0.1) is 23.0 Å². The Kier molecular flexibility index (Phi) is 5.21. The molecule has 1 aromatic carbocycles. The monoisotopic (exact) mass is 269 g/mol. The van der Waals surface area contributed by atoms with Crippen molar-refractivity contribution in [3.8, 4) is 11.8 Å². The lowest BCUT2D eigenvalue weighted by Crippen LogP contribution is -2.42. The maximum Gasteiger partial charge on any atom is 0.238 e. The molecule has 5 nitrogen and oxygen atoms in total. The van der Waals surface area contributed by atoms with Crippen LogP contribution in [0.5, 0.6) is 5.75 Å². The van der Waals surface area contributed by atoms with E-state index < -0.39 is 23.6 Å². The van der Waals surface area contributed by atoms with Crippen LogP contribution in [0.4, 0.5) is 8.78 Å². The van der Waals surface area contributed by atoms with Gasteiger partial charge in [-0.15, -0.1) is 0 Å². The summed E-state index contributed by atoms with van der Waals surface area (Å²) in [6, 6.07) is 2.59. The van der Waals surface area contributed by atoms with Crippen molar-refractivity contribution in [2.24, 2.45) is 5.73 Å². The lowest BCUT2D eigenvalue weighted by Gasteiger charge is -2.12. The molecular weight excluding hydrogens is 256 g/mol. The number of nitrogens with zero attached hydrogens (tertiary/aromatic N) is 1. The highest BCUT2D eigenvalue weighted by molar-refractivity contribution is 5.82. The molecule has 0 fully saturated rings. The van der Waals surface area contributed by atoms with Gasteiger partial charge < -0.3 is 15.8 Å². The molecule has 0 saturated heterocycles. The molecule has 0 aromatic heterocycles. The highest BCUT2D eigenvalue weighted by atomic mass is 19.1. The average molecular weight is 269 g/mol. The molecule has 3 N–H and O–H groups in total. The molecule has 1 aromatic rings. The van der Waals surface area contributed by atoms with Crippen molar-refractivity contribution >= 4 is 5.91 Å². The summed E-state index contributed by atoms with van der Waals surface area (Å²) >= 11 is 0. The van der Waals surface area contributed by atoms with Crippen LogP contribution in [0.3, 0.4) is 0 Å². The molecule has 1 atom stereocenters. The maximum absolute atomic E-state index is 13.6. The van der Waals surface area contributed by atoms with Crippen molar-refractivity contribution in [1.82, 2.24) is 5.32 Å². The number of amides is 1. The van der Waals surface area contributed by atoms with Gasteiger partial charge in [-0.25, -0.2) is 8.78 Å². The van der Waals surface area contributed by atoms with E-state index in [1.165, 1.54) is 7.11 Å². The fourth-order valence-electron chi connectivity index (χ4n) is 1.46. The Bertz CT molecular complexity index is 491. The van der Waals surface area contributed by atoms with Gasteiger partial charge in [0.25, 0.3) is 0 Å². The predicted octanol–water partition coefficient (Wildman–Crippen LogP) is 0.483. The van der Waals surface area contributed by atoms with Crippen LogP contribution in [0.1, 0.15) is 5.56 Å². The number of nitriles is 1. The van der Waals surface area contributed by atoms with E-state index in [0.29, 0.717) is 0 Å². The number of nitrogens with two attached hydrogens (primary N) is 1. The van der Waals surface area contributed by atoms with Gasteiger partial charge in [0.2, 0.25) is 5.91 Å². The maximum atomic E-state index is 13.6. The van der Waals surface area contributed by atoms with Crippen molar-refractivity contribution in [2.45, 2.75) is 12.5 Å². The first-order chi connectivity index (χ1) is 8.99. The Labute approximate surface area is 109 Å². The number of carbonyl (C=O) groups is 1. The number of ether oxygens (including phenoxy) is 1. The molecular formula is C12H13F2N3O2. The Balaban J connectivity index is 2.82.